The summed E-state index contributed by atoms with van der Waals surface area (Å²) in [7, 11) is 0. The Bertz CT molecular complexity index is 407. The molecule has 0 saturated carbocycles. The van der Waals surface area contributed by atoms with Gasteiger partial charge < -0.3 is 10.4 Å². The van der Waals surface area contributed by atoms with Crippen molar-refractivity contribution >= 4 is 0 Å². The van der Waals surface area contributed by atoms with Gasteiger partial charge in [-0.3, -0.25) is 0 Å². The van der Waals surface area contributed by atoms with E-state index < -0.39 is 5.60 Å². The average molecular weight is 253 g/mol. The number of hydrogen-bond donors (Lipinski definition) is 2. The Morgan fingerprint density at radius 2 is 1.83 bits per heavy atom. The minimum atomic E-state index is -0.934. The van der Waals surface area contributed by atoms with Crippen LogP contribution < -0.4 is 5.32 Å². The first kappa shape index (κ1) is 15.1. The maximum atomic E-state index is 13.0. The van der Waals surface area contributed by atoms with E-state index in [1.165, 1.54) is 12.1 Å². The number of aliphatic hydroxyl groups is 1. The summed E-state index contributed by atoms with van der Waals surface area (Å²) in [6.07, 6.45) is 0.594. The summed E-state index contributed by atoms with van der Waals surface area (Å²) in [6, 6.07) is 4.52. The molecule has 0 heterocycles. The van der Waals surface area contributed by atoms with Crippen molar-refractivity contribution in [2.45, 2.75) is 52.2 Å². The van der Waals surface area contributed by atoms with Gasteiger partial charge in [-0.1, -0.05) is 6.07 Å². The first-order valence-corrected chi connectivity index (χ1v) is 6.36. The Hall–Kier alpha value is -0.930. The van der Waals surface area contributed by atoms with Gasteiger partial charge in [0.25, 0.3) is 0 Å². The summed E-state index contributed by atoms with van der Waals surface area (Å²) >= 11 is 0. The Kier molecular flexibility index (Phi) is 4.51. The monoisotopic (exact) mass is 253 g/mol. The van der Waals surface area contributed by atoms with Crippen LogP contribution in [0, 0.1) is 12.7 Å². The molecule has 0 saturated heterocycles. The van der Waals surface area contributed by atoms with E-state index in [0.29, 0.717) is 13.0 Å². The van der Waals surface area contributed by atoms with E-state index in [4.69, 9.17) is 0 Å². The van der Waals surface area contributed by atoms with E-state index in [1.54, 1.807) is 13.0 Å². The van der Waals surface area contributed by atoms with Crippen LogP contribution in [0.3, 0.4) is 0 Å². The molecule has 1 rings (SSSR count). The highest BCUT2D eigenvalue weighted by molar-refractivity contribution is 5.31. The van der Waals surface area contributed by atoms with E-state index in [9.17, 15) is 9.50 Å². The van der Waals surface area contributed by atoms with Crippen molar-refractivity contribution in [1.29, 1.82) is 0 Å². The second kappa shape index (κ2) is 5.37. The van der Waals surface area contributed by atoms with Gasteiger partial charge in [-0.25, -0.2) is 4.39 Å². The number of aryl methyl sites for hydroxylation is 1. The molecule has 0 aliphatic rings. The van der Waals surface area contributed by atoms with Crippen LogP contribution in [0.1, 0.15) is 45.2 Å². The number of halogens is 1. The third kappa shape index (κ3) is 4.39. The molecule has 0 radical (unpaired) electrons. The van der Waals surface area contributed by atoms with Gasteiger partial charge in [0.15, 0.2) is 0 Å². The number of nitrogens with one attached hydrogen (secondary N) is 1. The van der Waals surface area contributed by atoms with Crippen LogP contribution in [-0.4, -0.2) is 17.2 Å². The minimum Gasteiger partial charge on any atom is -0.385 e. The van der Waals surface area contributed by atoms with Crippen molar-refractivity contribution < 1.29 is 9.50 Å². The van der Waals surface area contributed by atoms with Gasteiger partial charge in [-0.2, -0.15) is 0 Å². The van der Waals surface area contributed by atoms with Crippen molar-refractivity contribution in [1.82, 2.24) is 5.32 Å². The minimum absolute atomic E-state index is 0.0356. The normalized spacial score (nSPS) is 15.5. The summed E-state index contributed by atoms with van der Waals surface area (Å²) in [6.45, 7) is 10.6. The maximum absolute atomic E-state index is 13.0. The molecule has 2 N–H and O–H groups in total. The molecule has 18 heavy (non-hydrogen) atoms. The Balaban J connectivity index is 2.73. The highest BCUT2D eigenvalue weighted by Crippen LogP contribution is 2.27. The molecule has 0 fully saturated rings. The van der Waals surface area contributed by atoms with E-state index in [2.05, 4.69) is 26.1 Å². The van der Waals surface area contributed by atoms with Gasteiger partial charge in [0.05, 0.1) is 5.60 Å². The Morgan fingerprint density at radius 1 is 1.22 bits per heavy atom. The van der Waals surface area contributed by atoms with Gasteiger partial charge in [0, 0.05) is 5.54 Å². The SMILES string of the molecule is Cc1cc(F)ccc1C(C)(O)CCNC(C)(C)C. The lowest BCUT2D eigenvalue weighted by Crippen LogP contribution is -2.39. The van der Waals surface area contributed by atoms with Crippen LogP contribution in [0.4, 0.5) is 4.39 Å². The number of hydrogen-bond acceptors (Lipinski definition) is 2. The fraction of sp³-hybridized carbons (Fsp3) is 0.600. The molecule has 2 nitrogen and oxygen atoms in total. The van der Waals surface area contributed by atoms with Gasteiger partial charge in [-0.15, -0.1) is 0 Å². The van der Waals surface area contributed by atoms with Crippen molar-refractivity contribution in [3.05, 3.63) is 35.1 Å². The molecular formula is C15H24FNO. The molecule has 1 aromatic carbocycles. The Labute approximate surface area is 109 Å². The first-order valence-electron chi connectivity index (χ1n) is 6.36. The molecular weight excluding hydrogens is 229 g/mol. The van der Waals surface area contributed by atoms with Crippen LogP contribution in [0.2, 0.25) is 0 Å². The van der Waals surface area contributed by atoms with Crippen LogP contribution in [0.25, 0.3) is 0 Å². The van der Waals surface area contributed by atoms with Crippen LogP contribution in [-0.2, 0) is 5.60 Å². The molecule has 3 heteroatoms. The van der Waals surface area contributed by atoms with E-state index >= 15 is 0 Å². The summed E-state index contributed by atoms with van der Waals surface area (Å²) in [4.78, 5) is 0. The Morgan fingerprint density at radius 3 is 2.33 bits per heavy atom. The second-order valence-corrected chi connectivity index (χ2v) is 6.16. The molecule has 1 atom stereocenters. The summed E-state index contributed by atoms with van der Waals surface area (Å²) in [5.41, 5.74) is 0.680. The van der Waals surface area contributed by atoms with Crippen LogP contribution >= 0.6 is 0 Å². The molecule has 1 unspecified atom stereocenters. The van der Waals surface area contributed by atoms with Crippen LogP contribution in [0.5, 0.6) is 0 Å². The lowest BCUT2D eigenvalue weighted by molar-refractivity contribution is 0.0457. The van der Waals surface area contributed by atoms with E-state index in [0.717, 1.165) is 11.1 Å². The highest BCUT2D eigenvalue weighted by atomic mass is 19.1. The standard InChI is InChI=1S/C15H24FNO/c1-11-10-12(16)6-7-13(11)15(5,18)8-9-17-14(2,3)4/h6-7,10,17-18H,8-9H2,1-5H3. The average Bonchev–Trinajstić information content (AvgIpc) is 2.13. The number of benzene rings is 1. The van der Waals surface area contributed by atoms with Crippen molar-refractivity contribution in [2.24, 2.45) is 0 Å². The molecule has 0 aliphatic heterocycles. The van der Waals surface area contributed by atoms with Crippen LogP contribution in [0.15, 0.2) is 18.2 Å². The predicted octanol–water partition coefficient (Wildman–Crippen LogP) is 3.12. The molecule has 102 valence electrons. The quantitative estimate of drug-likeness (QED) is 0.864. The molecule has 0 spiro atoms. The van der Waals surface area contributed by atoms with E-state index in [1.807, 2.05) is 6.92 Å². The maximum Gasteiger partial charge on any atom is 0.123 e. The van der Waals surface area contributed by atoms with Gasteiger partial charge in [-0.05, 0) is 70.8 Å². The lowest BCUT2D eigenvalue weighted by Gasteiger charge is -2.28. The highest BCUT2D eigenvalue weighted by Gasteiger charge is 2.25. The second-order valence-electron chi connectivity index (χ2n) is 6.16. The van der Waals surface area contributed by atoms with Crippen molar-refractivity contribution in [3.63, 3.8) is 0 Å². The fourth-order valence-corrected chi connectivity index (χ4v) is 2.05. The zero-order chi connectivity index (χ0) is 14.0. The molecule has 0 amide bonds. The molecule has 0 aromatic heterocycles. The third-order valence-electron chi connectivity index (χ3n) is 3.04. The van der Waals surface area contributed by atoms with E-state index in [-0.39, 0.29) is 11.4 Å². The summed E-state index contributed by atoms with van der Waals surface area (Å²) in [5.74, 6) is -0.264. The van der Waals surface area contributed by atoms with Gasteiger partial charge in [0.1, 0.15) is 5.82 Å². The molecule has 0 bridgehead atoms. The first-order chi connectivity index (χ1) is 8.12. The zero-order valence-corrected chi connectivity index (χ0v) is 12.0. The lowest BCUT2D eigenvalue weighted by atomic mass is 9.89. The third-order valence-corrected chi connectivity index (χ3v) is 3.04. The van der Waals surface area contributed by atoms with Gasteiger partial charge in [0.2, 0.25) is 0 Å². The summed E-state index contributed by atoms with van der Waals surface area (Å²) in [5, 5.41) is 13.8. The zero-order valence-electron chi connectivity index (χ0n) is 12.0. The molecule has 1 aromatic rings. The smallest absolute Gasteiger partial charge is 0.123 e. The molecule has 0 aliphatic carbocycles. The number of rotatable bonds is 4. The van der Waals surface area contributed by atoms with Gasteiger partial charge >= 0.3 is 0 Å². The topological polar surface area (TPSA) is 32.3 Å². The fourth-order valence-electron chi connectivity index (χ4n) is 2.05. The van der Waals surface area contributed by atoms with Crippen molar-refractivity contribution in [2.75, 3.05) is 6.54 Å². The predicted molar refractivity (Wildman–Crippen MR) is 73.1 cm³/mol. The van der Waals surface area contributed by atoms with Crippen molar-refractivity contribution in [3.8, 4) is 0 Å². The largest absolute Gasteiger partial charge is 0.385 e. The summed E-state index contributed by atoms with van der Waals surface area (Å²) < 4.78 is 13.0.